The second-order valence-corrected chi connectivity index (χ2v) is 5.23. The molecular formula is C13H27N3OS. The predicted molar refractivity (Wildman–Crippen MR) is 80.0 cm³/mol. The van der Waals surface area contributed by atoms with Crippen molar-refractivity contribution in [3.63, 3.8) is 0 Å². The third-order valence-electron chi connectivity index (χ3n) is 3.37. The Morgan fingerprint density at radius 1 is 1.39 bits per heavy atom. The minimum Gasteiger partial charge on any atom is -0.382 e. The molecule has 1 saturated heterocycles. The lowest BCUT2D eigenvalue weighted by molar-refractivity contribution is 0.145. The van der Waals surface area contributed by atoms with E-state index in [9.17, 15) is 0 Å². The van der Waals surface area contributed by atoms with Gasteiger partial charge in [-0.15, -0.1) is 0 Å². The molecule has 0 aromatic heterocycles. The van der Waals surface area contributed by atoms with Gasteiger partial charge >= 0.3 is 0 Å². The van der Waals surface area contributed by atoms with Gasteiger partial charge in [0.05, 0.1) is 0 Å². The molecule has 0 spiro atoms. The van der Waals surface area contributed by atoms with E-state index < -0.39 is 0 Å². The molecule has 0 aromatic carbocycles. The highest BCUT2D eigenvalue weighted by Gasteiger charge is 2.18. The zero-order valence-corrected chi connectivity index (χ0v) is 12.5. The van der Waals surface area contributed by atoms with E-state index in [-0.39, 0.29) is 0 Å². The lowest BCUT2D eigenvalue weighted by Gasteiger charge is -2.32. The third kappa shape index (κ3) is 6.52. The molecule has 1 unspecified atom stereocenters. The fourth-order valence-electron chi connectivity index (χ4n) is 2.20. The molecule has 2 N–H and O–H groups in total. The molecule has 0 radical (unpaired) electrons. The molecule has 0 aromatic rings. The van der Waals surface area contributed by atoms with Crippen molar-refractivity contribution in [2.45, 2.75) is 38.6 Å². The quantitative estimate of drug-likeness (QED) is 0.541. The van der Waals surface area contributed by atoms with Crippen molar-refractivity contribution in [2.24, 2.45) is 0 Å². The maximum absolute atomic E-state index is 5.27. The molecule has 0 bridgehead atoms. The van der Waals surface area contributed by atoms with Crippen molar-refractivity contribution in [2.75, 3.05) is 39.9 Å². The first-order valence-electron chi connectivity index (χ1n) is 7.03. The van der Waals surface area contributed by atoms with E-state index in [2.05, 4.69) is 22.6 Å². The van der Waals surface area contributed by atoms with Gasteiger partial charge in [0.1, 0.15) is 0 Å². The molecule has 1 aliphatic heterocycles. The molecule has 5 heteroatoms. The number of nitrogens with one attached hydrogen (secondary N) is 2. The van der Waals surface area contributed by atoms with Gasteiger partial charge in [-0.05, 0) is 52.0 Å². The van der Waals surface area contributed by atoms with Gasteiger partial charge in [-0.3, -0.25) is 0 Å². The van der Waals surface area contributed by atoms with Gasteiger partial charge in [0.25, 0.3) is 0 Å². The van der Waals surface area contributed by atoms with Gasteiger partial charge < -0.3 is 20.3 Å². The van der Waals surface area contributed by atoms with Crippen LogP contribution in [0.3, 0.4) is 0 Å². The van der Waals surface area contributed by atoms with E-state index >= 15 is 0 Å². The van der Waals surface area contributed by atoms with Crippen molar-refractivity contribution in [1.82, 2.24) is 15.5 Å². The zero-order chi connectivity index (χ0) is 13.2. The Bertz CT molecular complexity index is 238. The largest absolute Gasteiger partial charge is 0.382 e. The second-order valence-electron chi connectivity index (χ2n) is 4.82. The van der Waals surface area contributed by atoms with Crippen molar-refractivity contribution < 1.29 is 4.74 Å². The van der Waals surface area contributed by atoms with Gasteiger partial charge in [-0.25, -0.2) is 0 Å². The summed E-state index contributed by atoms with van der Waals surface area (Å²) >= 11 is 5.26. The summed E-state index contributed by atoms with van der Waals surface area (Å²) in [6, 6.07) is 0.627. The van der Waals surface area contributed by atoms with Gasteiger partial charge in [-0.2, -0.15) is 0 Å². The van der Waals surface area contributed by atoms with Gasteiger partial charge in [0, 0.05) is 32.3 Å². The van der Waals surface area contributed by atoms with E-state index in [1.165, 1.54) is 25.8 Å². The number of rotatable bonds is 7. The lowest BCUT2D eigenvalue weighted by Crippen LogP contribution is -2.47. The summed E-state index contributed by atoms with van der Waals surface area (Å²) in [7, 11) is 2.20. The molecule has 0 aliphatic carbocycles. The summed E-state index contributed by atoms with van der Waals surface area (Å²) in [5.74, 6) is 0. The van der Waals surface area contributed by atoms with Crippen LogP contribution in [-0.4, -0.2) is 55.9 Å². The molecule has 1 heterocycles. The first-order valence-corrected chi connectivity index (χ1v) is 7.44. The van der Waals surface area contributed by atoms with Gasteiger partial charge in [0.2, 0.25) is 0 Å². The van der Waals surface area contributed by atoms with E-state index in [0.29, 0.717) is 6.04 Å². The maximum Gasteiger partial charge on any atom is 0.166 e. The zero-order valence-electron chi connectivity index (χ0n) is 11.7. The van der Waals surface area contributed by atoms with E-state index in [1.54, 1.807) is 0 Å². The summed E-state index contributed by atoms with van der Waals surface area (Å²) in [6.07, 6.45) is 4.94. The number of hydrogen-bond donors (Lipinski definition) is 2. The fraction of sp³-hybridized carbons (Fsp3) is 0.923. The van der Waals surface area contributed by atoms with Crippen molar-refractivity contribution >= 4 is 17.3 Å². The molecule has 18 heavy (non-hydrogen) atoms. The topological polar surface area (TPSA) is 36.5 Å². The summed E-state index contributed by atoms with van der Waals surface area (Å²) in [5, 5.41) is 7.30. The van der Waals surface area contributed by atoms with Crippen LogP contribution in [0.5, 0.6) is 0 Å². The normalized spacial score (nSPS) is 20.7. The molecule has 1 aliphatic rings. The Kier molecular flexibility index (Phi) is 8.29. The lowest BCUT2D eigenvalue weighted by atomic mass is 10.0. The van der Waals surface area contributed by atoms with Gasteiger partial charge in [0.15, 0.2) is 5.11 Å². The van der Waals surface area contributed by atoms with Crippen LogP contribution in [0.15, 0.2) is 0 Å². The number of hydrogen-bond acceptors (Lipinski definition) is 3. The summed E-state index contributed by atoms with van der Waals surface area (Å²) in [5.41, 5.74) is 0. The van der Waals surface area contributed by atoms with Crippen LogP contribution < -0.4 is 10.6 Å². The standard InChI is InChI=1S/C13H27N3OS/c1-3-17-10-6-8-14-13(18)15-11-12-7-4-5-9-16(12)2/h12H,3-11H2,1-2H3,(H2,14,15,18). The van der Waals surface area contributed by atoms with Crippen LogP contribution in [0.1, 0.15) is 32.6 Å². The molecule has 1 atom stereocenters. The molecule has 1 fully saturated rings. The minimum atomic E-state index is 0.627. The molecule has 1 rings (SSSR count). The van der Waals surface area contributed by atoms with E-state index in [1.807, 2.05) is 6.92 Å². The second kappa shape index (κ2) is 9.53. The van der Waals surface area contributed by atoms with E-state index in [4.69, 9.17) is 17.0 Å². The summed E-state index contributed by atoms with van der Waals surface area (Å²) in [4.78, 5) is 2.42. The van der Waals surface area contributed by atoms with Crippen LogP contribution in [0.2, 0.25) is 0 Å². The first-order chi connectivity index (χ1) is 8.74. The monoisotopic (exact) mass is 273 g/mol. The highest BCUT2D eigenvalue weighted by atomic mass is 32.1. The van der Waals surface area contributed by atoms with Crippen LogP contribution in [0.4, 0.5) is 0 Å². The van der Waals surface area contributed by atoms with Crippen LogP contribution in [0, 0.1) is 0 Å². The minimum absolute atomic E-state index is 0.627. The van der Waals surface area contributed by atoms with Crippen molar-refractivity contribution in [3.05, 3.63) is 0 Å². The SMILES string of the molecule is CCOCCCNC(=S)NCC1CCCCN1C. The number of likely N-dealkylation sites (tertiary alicyclic amines) is 1. The Balaban J connectivity index is 2.02. The molecule has 0 saturated carbocycles. The highest BCUT2D eigenvalue weighted by Crippen LogP contribution is 2.13. The van der Waals surface area contributed by atoms with E-state index in [0.717, 1.165) is 37.8 Å². The smallest absolute Gasteiger partial charge is 0.166 e. The van der Waals surface area contributed by atoms with Crippen LogP contribution in [-0.2, 0) is 4.74 Å². The Hall–Kier alpha value is -0.390. The number of ether oxygens (including phenoxy) is 1. The van der Waals surface area contributed by atoms with Crippen molar-refractivity contribution in [1.29, 1.82) is 0 Å². The Morgan fingerprint density at radius 2 is 2.22 bits per heavy atom. The first kappa shape index (κ1) is 15.7. The van der Waals surface area contributed by atoms with Crippen LogP contribution >= 0.6 is 12.2 Å². The summed E-state index contributed by atoms with van der Waals surface area (Å²) < 4.78 is 5.27. The predicted octanol–water partition coefficient (Wildman–Crippen LogP) is 1.36. The molecule has 106 valence electrons. The average molecular weight is 273 g/mol. The third-order valence-corrected chi connectivity index (χ3v) is 3.66. The molecule has 0 amide bonds. The van der Waals surface area contributed by atoms with Gasteiger partial charge in [-0.1, -0.05) is 6.42 Å². The highest BCUT2D eigenvalue weighted by molar-refractivity contribution is 7.80. The van der Waals surface area contributed by atoms with Crippen LogP contribution in [0.25, 0.3) is 0 Å². The Labute approximate surface area is 116 Å². The summed E-state index contributed by atoms with van der Waals surface area (Å²) in [6.45, 7) is 6.65. The fourth-order valence-corrected chi connectivity index (χ4v) is 2.38. The maximum atomic E-state index is 5.27. The number of thiocarbonyl (C=S) groups is 1. The number of piperidine rings is 1. The molecular weight excluding hydrogens is 246 g/mol. The average Bonchev–Trinajstić information content (AvgIpc) is 2.37. The number of likely N-dealkylation sites (N-methyl/N-ethyl adjacent to an activating group) is 1. The molecule has 4 nitrogen and oxygen atoms in total. The van der Waals surface area contributed by atoms with Crippen molar-refractivity contribution in [3.8, 4) is 0 Å². The number of nitrogens with zero attached hydrogens (tertiary/aromatic N) is 1. The Morgan fingerprint density at radius 3 is 2.94 bits per heavy atom.